The molecular weight excluding hydrogens is 412 g/mol. The summed E-state index contributed by atoms with van der Waals surface area (Å²) >= 11 is 0. The first kappa shape index (κ1) is 21.5. The van der Waals surface area contributed by atoms with Gasteiger partial charge in [0.05, 0.1) is 22.8 Å². The number of rotatable bonds is 7. The van der Waals surface area contributed by atoms with Crippen LogP contribution in [-0.4, -0.2) is 61.2 Å². The van der Waals surface area contributed by atoms with Crippen molar-refractivity contribution in [2.24, 2.45) is 0 Å². The maximum Gasteiger partial charge on any atom is 0.269 e. The van der Waals surface area contributed by atoms with Crippen molar-refractivity contribution in [3.63, 3.8) is 0 Å². The Kier molecular flexibility index (Phi) is 6.53. The Morgan fingerprint density at radius 1 is 1.03 bits per heavy atom. The van der Waals surface area contributed by atoms with Gasteiger partial charge in [-0.1, -0.05) is 0 Å². The first-order chi connectivity index (χ1) is 14.3. The first-order valence-electron chi connectivity index (χ1n) is 9.28. The number of nitrogens with zero attached hydrogens (tertiary/aromatic N) is 3. The van der Waals surface area contributed by atoms with Crippen LogP contribution in [0.4, 0.5) is 11.4 Å². The Hall–Kier alpha value is -3.18. The second kappa shape index (κ2) is 9.09. The predicted octanol–water partition coefficient (Wildman–Crippen LogP) is 1.48. The smallest absolute Gasteiger partial charge is 0.269 e. The highest BCUT2D eigenvalue weighted by Gasteiger charge is 2.29. The number of non-ortho nitro benzene ring substituents is 1. The second-order valence-corrected chi connectivity index (χ2v) is 8.64. The molecule has 160 valence electrons. The van der Waals surface area contributed by atoms with Crippen LogP contribution in [0.2, 0.25) is 0 Å². The van der Waals surface area contributed by atoms with Crippen LogP contribution in [0.5, 0.6) is 5.75 Å². The molecule has 3 rings (SSSR count). The van der Waals surface area contributed by atoms with Crippen molar-refractivity contribution in [1.82, 2.24) is 9.21 Å². The van der Waals surface area contributed by atoms with Crippen LogP contribution in [0, 0.1) is 10.1 Å². The summed E-state index contributed by atoms with van der Waals surface area (Å²) in [7, 11) is -3.62. The van der Waals surface area contributed by atoms with Gasteiger partial charge in [-0.15, -0.1) is 0 Å². The van der Waals surface area contributed by atoms with Crippen LogP contribution in [0.25, 0.3) is 0 Å². The zero-order chi connectivity index (χ0) is 21.7. The molecule has 0 spiro atoms. The van der Waals surface area contributed by atoms with Crippen molar-refractivity contribution in [3.8, 4) is 5.75 Å². The van der Waals surface area contributed by atoms with E-state index in [4.69, 9.17) is 10.5 Å². The number of anilines is 1. The van der Waals surface area contributed by atoms with Crippen LogP contribution in [0.15, 0.2) is 53.4 Å². The molecule has 1 aliphatic heterocycles. The van der Waals surface area contributed by atoms with Gasteiger partial charge in [0, 0.05) is 44.0 Å². The Morgan fingerprint density at radius 2 is 1.63 bits per heavy atom. The van der Waals surface area contributed by atoms with Crippen molar-refractivity contribution >= 4 is 27.3 Å². The number of carbonyl (C=O) groups excluding carboxylic acids is 1. The zero-order valence-corrected chi connectivity index (χ0v) is 17.0. The van der Waals surface area contributed by atoms with E-state index >= 15 is 0 Å². The monoisotopic (exact) mass is 434 g/mol. The topological polar surface area (TPSA) is 136 Å². The predicted molar refractivity (Wildman–Crippen MR) is 109 cm³/mol. The van der Waals surface area contributed by atoms with Gasteiger partial charge in [-0.3, -0.25) is 14.9 Å². The maximum absolute atomic E-state index is 12.7. The number of sulfonamides is 1. The number of ether oxygens (including phenoxy) is 1. The molecule has 1 fully saturated rings. The molecule has 1 amide bonds. The number of piperazine rings is 1. The van der Waals surface area contributed by atoms with Gasteiger partial charge in [-0.2, -0.15) is 4.31 Å². The number of benzene rings is 2. The average Bonchev–Trinajstić information content (AvgIpc) is 2.74. The summed E-state index contributed by atoms with van der Waals surface area (Å²) in [5.41, 5.74) is 6.06. The molecule has 0 radical (unpaired) electrons. The fraction of sp³-hybridized carbons (Fsp3) is 0.316. The van der Waals surface area contributed by atoms with Crippen molar-refractivity contribution in [1.29, 1.82) is 0 Å². The fourth-order valence-electron chi connectivity index (χ4n) is 3.05. The standard InChI is InChI=1S/C19H22N4O6S/c20-15-1-7-18(8-2-15)30(27,28)22-12-10-21(11-13-22)19(24)9-14-29-17-5-3-16(4-6-17)23(25)26/h1-8H,9-14,20H2. The quantitative estimate of drug-likeness (QED) is 0.396. The molecule has 0 aromatic heterocycles. The van der Waals surface area contributed by atoms with E-state index in [1.54, 1.807) is 4.90 Å². The van der Waals surface area contributed by atoms with Crippen LogP contribution in [0.3, 0.4) is 0 Å². The summed E-state index contributed by atoms with van der Waals surface area (Å²) in [6.07, 6.45) is 0.127. The fourth-order valence-corrected chi connectivity index (χ4v) is 4.47. The molecular formula is C19H22N4O6S. The van der Waals surface area contributed by atoms with Gasteiger partial charge in [-0.05, 0) is 36.4 Å². The van der Waals surface area contributed by atoms with E-state index < -0.39 is 14.9 Å². The van der Waals surface area contributed by atoms with Gasteiger partial charge in [0.15, 0.2) is 0 Å². The number of carbonyl (C=O) groups is 1. The highest BCUT2D eigenvalue weighted by molar-refractivity contribution is 7.89. The van der Waals surface area contributed by atoms with Gasteiger partial charge in [0.25, 0.3) is 5.69 Å². The third-order valence-electron chi connectivity index (χ3n) is 4.74. The molecule has 1 saturated heterocycles. The van der Waals surface area contributed by atoms with Gasteiger partial charge in [-0.25, -0.2) is 8.42 Å². The third-order valence-corrected chi connectivity index (χ3v) is 6.65. The number of amides is 1. The normalized spacial score (nSPS) is 15.0. The number of nitro groups is 1. The minimum Gasteiger partial charge on any atom is -0.493 e. The lowest BCUT2D eigenvalue weighted by Crippen LogP contribution is -2.50. The highest BCUT2D eigenvalue weighted by atomic mass is 32.2. The summed E-state index contributed by atoms with van der Waals surface area (Å²) in [5, 5.41) is 10.6. The van der Waals surface area contributed by atoms with E-state index in [0.717, 1.165) is 0 Å². The summed E-state index contributed by atoms with van der Waals surface area (Å²) in [4.78, 5) is 24.3. The van der Waals surface area contributed by atoms with E-state index in [0.29, 0.717) is 24.5 Å². The molecule has 0 saturated carbocycles. The van der Waals surface area contributed by atoms with Crippen molar-refractivity contribution in [2.45, 2.75) is 11.3 Å². The number of hydrogen-bond acceptors (Lipinski definition) is 7. The van der Waals surface area contributed by atoms with E-state index in [2.05, 4.69) is 0 Å². The molecule has 11 heteroatoms. The highest BCUT2D eigenvalue weighted by Crippen LogP contribution is 2.20. The molecule has 2 aromatic carbocycles. The minimum atomic E-state index is -3.62. The number of hydrogen-bond donors (Lipinski definition) is 1. The van der Waals surface area contributed by atoms with E-state index in [9.17, 15) is 23.3 Å². The first-order valence-corrected chi connectivity index (χ1v) is 10.7. The molecule has 0 unspecified atom stereocenters. The molecule has 1 aliphatic rings. The van der Waals surface area contributed by atoms with Crippen molar-refractivity contribution in [3.05, 3.63) is 58.6 Å². The summed E-state index contributed by atoms with van der Waals surface area (Å²) < 4.78 is 32.2. The summed E-state index contributed by atoms with van der Waals surface area (Å²) in [6, 6.07) is 11.6. The van der Waals surface area contributed by atoms with E-state index in [1.807, 2.05) is 0 Å². The maximum atomic E-state index is 12.7. The van der Waals surface area contributed by atoms with E-state index in [1.165, 1.54) is 52.8 Å². The molecule has 10 nitrogen and oxygen atoms in total. The largest absolute Gasteiger partial charge is 0.493 e. The van der Waals surface area contributed by atoms with Crippen LogP contribution >= 0.6 is 0 Å². The van der Waals surface area contributed by atoms with Crippen molar-refractivity contribution < 1.29 is 22.9 Å². The van der Waals surface area contributed by atoms with Crippen molar-refractivity contribution in [2.75, 3.05) is 38.5 Å². The minimum absolute atomic E-state index is 0.0368. The molecule has 30 heavy (non-hydrogen) atoms. The number of nitro benzene ring substituents is 1. The van der Waals surface area contributed by atoms with Gasteiger partial charge in [0.2, 0.25) is 15.9 Å². The molecule has 2 N–H and O–H groups in total. The number of nitrogens with two attached hydrogens (primary N) is 1. The van der Waals surface area contributed by atoms with Gasteiger partial charge in [0.1, 0.15) is 5.75 Å². The average molecular weight is 434 g/mol. The molecule has 2 aromatic rings. The SMILES string of the molecule is Nc1ccc(S(=O)(=O)N2CCN(C(=O)CCOc3ccc([N+](=O)[O-])cc3)CC2)cc1. The second-order valence-electron chi connectivity index (χ2n) is 6.70. The van der Waals surface area contributed by atoms with Crippen LogP contribution < -0.4 is 10.5 Å². The van der Waals surface area contributed by atoms with Gasteiger partial charge >= 0.3 is 0 Å². The molecule has 0 aliphatic carbocycles. The van der Waals surface area contributed by atoms with Crippen LogP contribution in [-0.2, 0) is 14.8 Å². The van der Waals surface area contributed by atoms with Crippen LogP contribution in [0.1, 0.15) is 6.42 Å². The Morgan fingerprint density at radius 3 is 2.20 bits per heavy atom. The Bertz CT molecular complexity index is 1000. The summed E-state index contributed by atoms with van der Waals surface area (Å²) in [6.45, 7) is 1.14. The summed E-state index contributed by atoms with van der Waals surface area (Å²) in [5.74, 6) is 0.300. The lowest BCUT2D eigenvalue weighted by molar-refractivity contribution is -0.384. The zero-order valence-electron chi connectivity index (χ0n) is 16.1. The molecule has 0 bridgehead atoms. The Balaban J connectivity index is 1.47. The molecule has 0 atom stereocenters. The third kappa shape index (κ3) is 5.05. The Labute approximate surface area is 174 Å². The number of nitrogen functional groups attached to an aromatic ring is 1. The molecule has 1 heterocycles. The lowest BCUT2D eigenvalue weighted by atomic mass is 10.3. The van der Waals surface area contributed by atoms with Gasteiger partial charge < -0.3 is 15.4 Å². The lowest BCUT2D eigenvalue weighted by Gasteiger charge is -2.34. The van der Waals surface area contributed by atoms with E-state index in [-0.39, 0.29) is 42.6 Å².